The van der Waals surface area contributed by atoms with Crippen molar-refractivity contribution >= 4 is 11.3 Å². The summed E-state index contributed by atoms with van der Waals surface area (Å²) >= 11 is 1.70. The molecule has 0 aliphatic heterocycles. The molecule has 1 heterocycles. The van der Waals surface area contributed by atoms with Crippen LogP contribution < -0.4 is 22.5 Å². The van der Waals surface area contributed by atoms with Crippen molar-refractivity contribution in [2.24, 2.45) is 0 Å². The minimum Gasteiger partial charge on any atom is -1.00 e. The molecule has 2 rings (SSSR count). The zero-order valence-corrected chi connectivity index (χ0v) is 13.7. The van der Waals surface area contributed by atoms with Gasteiger partial charge in [-0.05, 0) is 35.6 Å². The normalized spacial score (nSPS) is 11.7. The molecule has 0 saturated carbocycles. The van der Waals surface area contributed by atoms with E-state index < -0.39 is 0 Å². The van der Waals surface area contributed by atoms with Crippen LogP contribution in [0.2, 0.25) is 0 Å². The summed E-state index contributed by atoms with van der Waals surface area (Å²) in [6.45, 7) is 3.63. The fourth-order valence-corrected chi connectivity index (χ4v) is 2.47. The van der Waals surface area contributed by atoms with Crippen molar-refractivity contribution in [1.82, 2.24) is 5.32 Å². The van der Waals surface area contributed by atoms with Gasteiger partial charge in [0.2, 0.25) is 0 Å². The van der Waals surface area contributed by atoms with Crippen LogP contribution >= 0.6 is 11.3 Å². The average molecular weight is 327 g/mol. The highest BCUT2D eigenvalue weighted by atomic mass is 35.5. The predicted molar refractivity (Wildman–Crippen MR) is 83.1 cm³/mol. The summed E-state index contributed by atoms with van der Waals surface area (Å²) in [6.07, 6.45) is 0.929. The Balaban J connectivity index is 0.00000220. The lowest BCUT2D eigenvalue weighted by Gasteiger charge is -2.14. The summed E-state index contributed by atoms with van der Waals surface area (Å²) in [6, 6.07) is 12.4. The summed E-state index contributed by atoms with van der Waals surface area (Å²) in [5, 5.41) is 14.5. The number of hydrogen-bond donors (Lipinski definition) is 2. The van der Waals surface area contributed by atoms with Gasteiger partial charge in [0, 0.05) is 17.5 Å². The molecule has 1 unspecified atom stereocenters. The molecule has 1 atom stereocenters. The highest BCUT2D eigenvalue weighted by Crippen LogP contribution is 2.16. The Morgan fingerprint density at radius 2 is 2.00 bits per heavy atom. The van der Waals surface area contributed by atoms with Gasteiger partial charge in [-0.15, -0.1) is 11.3 Å². The lowest BCUT2D eigenvalue weighted by molar-refractivity contribution is -0.00000545. The van der Waals surface area contributed by atoms with E-state index in [1.165, 1.54) is 10.4 Å². The maximum Gasteiger partial charge on any atom is 0.122 e. The first-order chi connectivity index (χ1) is 9.81. The van der Waals surface area contributed by atoms with E-state index in [1.807, 2.05) is 18.2 Å². The molecule has 0 fully saturated rings. The number of halogens is 1. The van der Waals surface area contributed by atoms with Gasteiger partial charge in [0.25, 0.3) is 0 Å². The van der Waals surface area contributed by atoms with Gasteiger partial charge >= 0.3 is 0 Å². The first-order valence-electron chi connectivity index (χ1n) is 6.90. The molecule has 2 N–H and O–H groups in total. The molecule has 0 radical (unpaired) electrons. The second kappa shape index (κ2) is 9.79. The predicted octanol–water partition coefficient (Wildman–Crippen LogP) is 0.192. The molecular weight excluding hydrogens is 306 g/mol. The standard InChI is InChI=1S/C16H21NO2S.ClH/c1-2-14(11-18)17-10-13-5-7-15(8-6-13)19-12-16-4-3-9-20-16;/h3-9,14,17-18H,2,10-12H2,1H3;1H/p-1. The molecule has 0 bridgehead atoms. The minimum atomic E-state index is 0. The van der Waals surface area contributed by atoms with Gasteiger partial charge in [-0.1, -0.05) is 25.1 Å². The van der Waals surface area contributed by atoms with E-state index in [-0.39, 0.29) is 25.1 Å². The number of aliphatic hydroxyl groups is 1. The van der Waals surface area contributed by atoms with Crippen LogP contribution in [-0.4, -0.2) is 17.8 Å². The Morgan fingerprint density at radius 3 is 2.57 bits per heavy atom. The summed E-state index contributed by atoms with van der Waals surface area (Å²) in [7, 11) is 0. The molecule has 116 valence electrons. The number of hydrogen-bond acceptors (Lipinski definition) is 4. The Bertz CT molecular complexity index is 483. The molecule has 0 aliphatic carbocycles. The van der Waals surface area contributed by atoms with Crippen molar-refractivity contribution in [3.8, 4) is 5.75 Å². The number of ether oxygens (including phenoxy) is 1. The highest BCUT2D eigenvalue weighted by Gasteiger charge is 2.03. The Morgan fingerprint density at radius 1 is 1.24 bits per heavy atom. The summed E-state index contributed by atoms with van der Waals surface area (Å²) < 4.78 is 5.72. The van der Waals surface area contributed by atoms with Crippen molar-refractivity contribution in [2.45, 2.75) is 32.5 Å². The fraction of sp³-hybridized carbons (Fsp3) is 0.375. The first kappa shape index (κ1) is 18.0. The minimum absolute atomic E-state index is 0. The van der Waals surface area contributed by atoms with Crippen LogP contribution in [0.5, 0.6) is 5.75 Å². The molecule has 0 aliphatic rings. The van der Waals surface area contributed by atoms with Crippen LogP contribution in [0, 0.1) is 0 Å². The average Bonchev–Trinajstić information content (AvgIpc) is 3.01. The van der Waals surface area contributed by atoms with E-state index in [4.69, 9.17) is 9.84 Å². The van der Waals surface area contributed by atoms with E-state index in [0.29, 0.717) is 6.61 Å². The van der Waals surface area contributed by atoms with Crippen molar-refractivity contribution in [2.75, 3.05) is 6.61 Å². The SMILES string of the molecule is CCC(CO)NCc1ccc(OCc2cccs2)cc1.[Cl-]. The summed E-state index contributed by atoms with van der Waals surface area (Å²) in [5.74, 6) is 0.886. The number of rotatable bonds is 8. The lowest BCUT2D eigenvalue weighted by atomic mass is 10.2. The van der Waals surface area contributed by atoms with Crippen molar-refractivity contribution < 1.29 is 22.3 Å². The molecule has 0 saturated heterocycles. The van der Waals surface area contributed by atoms with E-state index in [9.17, 15) is 0 Å². The van der Waals surface area contributed by atoms with Crippen LogP contribution in [0.15, 0.2) is 41.8 Å². The fourth-order valence-electron chi connectivity index (χ4n) is 1.85. The van der Waals surface area contributed by atoms with Gasteiger partial charge in [0.05, 0.1) is 6.61 Å². The van der Waals surface area contributed by atoms with E-state index in [1.54, 1.807) is 11.3 Å². The van der Waals surface area contributed by atoms with Crippen LogP contribution in [0.4, 0.5) is 0 Å². The lowest BCUT2D eigenvalue weighted by Crippen LogP contribution is -3.00. The third-order valence-electron chi connectivity index (χ3n) is 3.19. The topological polar surface area (TPSA) is 41.5 Å². The van der Waals surface area contributed by atoms with Gasteiger partial charge in [0.1, 0.15) is 12.4 Å². The third-order valence-corrected chi connectivity index (χ3v) is 4.04. The monoisotopic (exact) mass is 326 g/mol. The number of aliphatic hydroxyl groups excluding tert-OH is 1. The first-order valence-corrected chi connectivity index (χ1v) is 7.78. The quantitative estimate of drug-likeness (QED) is 0.728. The van der Waals surface area contributed by atoms with Crippen LogP contribution in [0.3, 0.4) is 0 Å². The molecule has 21 heavy (non-hydrogen) atoms. The largest absolute Gasteiger partial charge is 1.00 e. The highest BCUT2D eigenvalue weighted by molar-refractivity contribution is 7.09. The van der Waals surface area contributed by atoms with Crippen LogP contribution in [0.25, 0.3) is 0 Å². The molecule has 0 amide bonds. The number of benzene rings is 1. The Kier molecular flexibility index (Phi) is 8.38. The second-order valence-electron chi connectivity index (χ2n) is 4.68. The Labute approximate surface area is 136 Å². The smallest absolute Gasteiger partial charge is 0.122 e. The molecule has 2 aromatic rings. The van der Waals surface area contributed by atoms with Crippen molar-refractivity contribution in [3.05, 3.63) is 52.2 Å². The zero-order valence-electron chi connectivity index (χ0n) is 12.1. The molecule has 1 aromatic carbocycles. The third kappa shape index (κ3) is 6.06. The zero-order chi connectivity index (χ0) is 14.2. The van der Waals surface area contributed by atoms with Gasteiger partial charge in [-0.2, -0.15) is 0 Å². The maximum atomic E-state index is 9.13. The molecule has 0 spiro atoms. The van der Waals surface area contributed by atoms with Gasteiger partial charge < -0.3 is 27.6 Å². The summed E-state index contributed by atoms with van der Waals surface area (Å²) in [4.78, 5) is 1.23. The van der Waals surface area contributed by atoms with Crippen molar-refractivity contribution in [3.63, 3.8) is 0 Å². The van der Waals surface area contributed by atoms with E-state index in [0.717, 1.165) is 18.7 Å². The van der Waals surface area contributed by atoms with Gasteiger partial charge in [-0.25, -0.2) is 0 Å². The van der Waals surface area contributed by atoms with Gasteiger partial charge in [-0.3, -0.25) is 0 Å². The van der Waals surface area contributed by atoms with Gasteiger partial charge in [0.15, 0.2) is 0 Å². The molecule has 3 nitrogen and oxygen atoms in total. The molecule has 5 heteroatoms. The van der Waals surface area contributed by atoms with Crippen LogP contribution in [-0.2, 0) is 13.2 Å². The molecular formula is C16H21ClNO2S-. The van der Waals surface area contributed by atoms with Crippen molar-refractivity contribution in [1.29, 1.82) is 0 Å². The van der Waals surface area contributed by atoms with E-state index >= 15 is 0 Å². The summed E-state index contributed by atoms with van der Waals surface area (Å²) in [5.41, 5.74) is 1.19. The number of thiophene rings is 1. The Hall–Kier alpha value is -1.07. The second-order valence-corrected chi connectivity index (χ2v) is 5.71. The van der Waals surface area contributed by atoms with Crippen LogP contribution in [0.1, 0.15) is 23.8 Å². The molecule has 1 aromatic heterocycles. The van der Waals surface area contributed by atoms with E-state index in [2.05, 4.69) is 35.8 Å². The maximum absolute atomic E-state index is 9.13. The number of nitrogens with one attached hydrogen (secondary N) is 1.